The lowest BCUT2D eigenvalue weighted by atomic mass is 10.1. The Kier molecular flexibility index (Phi) is 11.2. The number of carbonyl (C=O) groups is 2. The summed E-state index contributed by atoms with van der Waals surface area (Å²) in [5.74, 6) is -0.651. The molecule has 1 atom stereocenters. The van der Waals surface area contributed by atoms with Gasteiger partial charge in [-0.3, -0.25) is 13.9 Å². The number of rotatable bonds is 12. The van der Waals surface area contributed by atoms with E-state index in [0.717, 1.165) is 15.4 Å². The number of amides is 2. The van der Waals surface area contributed by atoms with E-state index < -0.39 is 28.5 Å². The van der Waals surface area contributed by atoms with Crippen molar-refractivity contribution in [2.45, 2.75) is 58.5 Å². The molecule has 0 aliphatic heterocycles. The second-order valence-electron chi connectivity index (χ2n) is 10.4. The predicted octanol–water partition coefficient (Wildman–Crippen LogP) is 6.39. The number of hydrogen-bond donors (Lipinski definition) is 1. The van der Waals surface area contributed by atoms with E-state index in [1.165, 1.54) is 23.1 Å². The Hall–Kier alpha value is -3.07. The molecule has 0 aliphatic carbocycles. The molecule has 1 N–H and O–H groups in total. The van der Waals surface area contributed by atoms with Crippen LogP contribution in [-0.2, 0) is 26.2 Å². The molecule has 0 radical (unpaired) electrons. The third-order valence-corrected chi connectivity index (χ3v) is 9.26. The SMILES string of the molecule is CCC(C(=O)NCC(C)C)N(Cc1ccccc1Cl)C(=O)CN(c1ccc(C)c(Cl)c1)S(=O)(=O)c1ccc(C)cc1. The molecule has 1 unspecified atom stereocenters. The van der Waals surface area contributed by atoms with Gasteiger partial charge in [-0.05, 0) is 67.6 Å². The van der Waals surface area contributed by atoms with Gasteiger partial charge in [0.15, 0.2) is 0 Å². The Bertz CT molecular complexity index is 1480. The van der Waals surface area contributed by atoms with Gasteiger partial charge in [0.1, 0.15) is 12.6 Å². The fourth-order valence-corrected chi connectivity index (χ4v) is 6.03. The van der Waals surface area contributed by atoms with Gasteiger partial charge in [-0.1, -0.05) is 85.9 Å². The number of carbonyl (C=O) groups excluding carboxylic acids is 2. The zero-order valence-corrected chi connectivity index (χ0v) is 26.4. The van der Waals surface area contributed by atoms with Gasteiger partial charge in [-0.2, -0.15) is 0 Å². The van der Waals surface area contributed by atoms with Crippen LogP contribution < -0.4 is 9.62 Å². The lowest BCUT2D eigenvalue weighted by Gasteiger charge is -2.33. The van der Waals surface area contributed by atoms with E-state index in [0.29, 0.717) is 28.6 Å². The second-order valence-corrected chi connectivity index (χ2v) is 13.1. The summed E-state index contributed by atoms with van der Waals surface area (Å²) in [7, 11) is -4.18. The molecule has 220 valence electrons. The molecular weight excluding hydrogens is 581 g/mol. The molecule has 2 amide bonds. The van der Waals surface area contributed by atoms with Crippen molar-refractivity contribution in [3.8, 4) is 0 Å². The highest BCUT2D eigenvalue weighted by atomic mass is 35.5. The van der Waals surface area contributed by atoms with Crippen LogP contribution in [0.1, 0.15) is 43.9 Å². The first-order chi connectivity index (χ1) is 19.3. The normalized spacial score (nSPS) is 12.2. The summed E-state index contributed by atoms with van der Waals surface area (Å²) >= 11 is 12.8. The van der Waals surface area contributed by atoms with Crippen LogP contribution in [0.25, 0.3) is 0 Å². The van der Waals surface area contributed by atoms with Gasteiger partial charge in [-0.15, -0.1) is 0 Å². The first-order valence-corrected chi connectivity index (χ1v) is 15.7. The van der Waals surface area contributed by atoms with Crippen molar-refractivity contribution >= 4 is 50.7 Å². The summed E-state index contributed by atoms with van der Waals surface area (Å²) in [6, 6.07) is 17.5. The van der Waals surface area contributed by atoms with E-state index in [9.17, 15) is 18.0 Å². The highest BCUT2D eigenvalue weighted by Crippen LogP contribution is 2.29. The van der Waals surface area contributed by atoms with E-state index in [1.807, 2.05) is 34.6 Å². The van der Waals surface area contributed by atoms with Crippen molar-refractivity contribution in [1.29, 1.82) is 0 Å². The maximum Gasteiger partial charge on any atom is 0.264 e. The summed E-state index contributed by atoms with van der Waals surface area (Å²) in [6.07, 6.45) is 0.321. The molecule has 0 saturated carbocycles. The Labute approximate surface area is 253 Å². The van der Waals surface area contributed by atoms with Gasteiger partial charge in [0.25, 0.3) is 10.0 Å². The number of nitrogens with one attached hydrogen (secondary N) is 1. The maximum atomic E-state index is 14.1. The van der Waals surface area contributed by atoms with Crippen LogP contribution in [0.4, 0.5) is 5.69 Å². The molecule has 0 aromatic heterocycles. The summed E-state index contributed by atoms with van der Waals surface area (Å²) in [4.78, 5) is 28.9. The van der Waals surface area contributed by atoms with E-state index in [1.54, 1.807) is 48.5 Å². The zero-order chi connectivity index (χ0) is 30.3. The number of hydrogen-bond acceptors (Lipinski definition) is 4. The minimum absolute atomic E-state index is 0.0270. The quantitative estimate of drug-likeness (QED) is 0.255. The third-order valence-electron chi connectivity index (χ3n) is 6.70. The Morgan fingerprint density at radius 3 is 2.17 bits per heavy atom. The summed E-state index contributed by atoms with van der Waals surface area (Å²) in [5.41, 5.74) is 2.55. The van der Waals surface area contributed by atoms with Crippen molar-refractivity contribution in [3.63, 3.8) is 0 Å². The highest BCUT2D eigenvalue weighted by Gasteiger charge is 2.34. The van der Waals surface area contributed by atoms with Gasteiger partial charge < -0.3 is 10.2 Å². The number of aryl methyl sites for hydroxylation is 2. The standard InChI is InChI=1S/C31H37Cl2N3O4S/c1-6-29(31(38)34-18-21(2)3)35(19-24-9-7-8-10-27(24)32)30(37)20-36(25-14-13-23(5)28(33)17-25)41(39,40)26-15-11-22(4)12-16-26/h7-17,21,29H,6,18-20H2,1-5H3,(H,34,38). The van der Waals surface area contributed by atoms with Crippen LogP contribution in [0.2, 0.25) is 10.0 Å². The highest BCUT2D eigenvalue weighted by molar-refractivity contribution is 7.92. The predicted molar refractivity (Wildman–Crippen MR) is 166 cm³/mol. The summed E-state index contributed by atoms with van der Waals surface area (Å²) in [5, 5.41) is 3.72. The van der Waals surface area contributed by atoms with Crippen LogP contribution in [0.3, 0.4) is 0 Å². The zero-order valence-electron chi connectivity index (χ0n) is 24.0. The van der Waals surface area contributed by atoms with Crippen molar-refractivity contribution in [2.75, 3.05) is 17.4 Å². The first-order valence-electron chi connectivity index (χ1n) is 13.5. The minimum Gasteiger partial charge on any atom is -0.354 e. The number of sulfonamides is 1. The lowest BCUT2D eigenvalue weighted by Crippen LogP contribution is -2.52. The van der Waals surface area contributed by atoms with Gasteiger partial charge in [0.2, 0.25) is 11.8 Å². The van der Waals surface area contributed by atoms with E-state index in [4.69, 9.17) is 23.2 Å². The van der Waals surface area contributed by atoms with Gasteiger partial charge >= 0.3 is 0 Å². The molecule has 0 heterocycles. The van der Waals surface area contributed by atoms with Crippen molar-refractivity contribution in [3.05, 3.63) is 93.5 Å². The van der Waals surface area contributed by atoms with Gasteiger partial charge in [-0.25, -0.2) is 8.42 Å². The average molecular weight is 619 g/mol. The maximum absolute atomic E-state index is 14.1. The number of anilines is 1. The molecule has 7 nitrogen and oxygen atoms in total. The number of benzene rings is 3. The second kappa shape index (κ2) is 14.2. The molecule has 0 fully saturated rings. The number of nitrogens with zero attached hydrogens (tertiary/aromatic N) is 2. The van der Waals surface area contributed by atoms with Crippen LogP contribution in [0.5, 0.6) is 0 Å². The third kappa shape index (κ3) is 8.24. The number of halogens is 2. The van der Waals surface area contributed by atoms with Crippen molar-refractivity contribution in [2.24, 2.45) is 5.92 Å². The minimum atomic E-state index is -4.18. The van der Waals surface area contributed by atoms with Crippen molar-refractivity contribution < 1.29 is 18.0 Å². The Morgan fingerprint density at radius 1 is 0.927 bits per heavy atom. The van der Waals surface area contributed by atoms with Crippen molar-refractivity contribution in [1.82, 2.24) is 10.2 Å². The average Bonchev–Trinajstić information content (AvgIpc) is 2.93. The molecule has 10 heteroatoms. The monoisotopic (exact) mass is 617 g/mol. The lowest BCUT2D eigenvalue weighted by molar-refractivity contribution is -0.140. The van der Waals surface area contributed by atoms with E-state index in [2.05, 4.69) is 5.32 Å². The molecule has 3 rings (SSSR count). The molecule has 3 aromatic carbocycles. The van der Waals surface area contributed by atoms with Crippen LogP contribution in [-0.4, -0.2) is 44.3 Å². The molecule has 0 bridgehead atoms. The molecule has 3 aromatic rings. The smallest absolute Gasteiger partial charge is 0.264 e. The van der Waals surface area contributed by atoms with Crippen LogP contribution >= 0.6 is 23.2 Å². The molecule has 41 heavy (non-hydrogen) atoms. The van der Waals surface area contributed by atoms with Gasteiger partial charge in [0.05, 0.1) is 10.6 Å². The molecule has 0 aliphatic rings. The Balaban J connectivity index is 2.08. The van der Waals surface area contributed by atoms with Gasteiger partial charge in [0, 0.05) is 23.1 Å². The molecule has 0 saturated heterocycles. The van der Waals surface area contributed by atoms with E-state index in [-0.39, 0.29) is 29.0 Å². The Morgan fingerprint density at radius 2 is 1.59 bits per heavy atom. The van der Waals surface area contributed by atoms with Crippen LogP contribution in [0, 0.1) is 19.8 Å². The van der Waals surface area contributed by atoms with E-state index >= 15 is 0 Å². The topological polar surface area (TPSA) is 86.8 Å². The van der Waals surface area contributed by atoms with Crippen LogP contribution in [0.15, 0.2) is 71.6 Å². The fourth-order valence-electron chi connectivity index (χ4n) is 4.26. The molecule has 0 spiro atoms. The molecular formula is C31H37Cl2N3O4S. The first kappa shape index (κ1) is 32.4. The summed E-state index contributed by atoms with van der Waals surface area (Å²) < 4.78 is 29.0. The summed E-state index contributed by atoms with van der Waals surface area (Å²) in [6.45, 7) is 9.37. The fraction of sp³-hybridized carbons (Fsp3) is 0.355. The largest absolute Gasteiger partial charge is 0.354 e.